The summed E-state index contributed by atoms with van der Waals surface area (Å²) in [5.41, 5.74) is 1.48. The molecule has 6 nitrogen and oxygen atoms in total. The second-order valence-electron chi connectivity index (χ2n) is 6.47. The molecule has 1 heterocycles. The molecule has 0 saturated carbocycles. The van der Waals surface area contributed by atoms with Crippen molar-refractivity contribution in [2.75, 3.05) is 20.8 Å². The third kappa shape index (κ3) is 4.90. The highest BCUT2D eigenvalue weighted by Gasteiger charge is 2.15. The van der Waals surface area contributed by atoms with Gasteiger partial charge in [-0.1, -0.05) is 12.1 Å². The quantitative estimate of drug-likeness (QED) is 0.558. The lowest BCUT2D eigenvalue weighted by Gasteiger charge is -2.09. The second kappa shape index (κ2) is 9.19. The zero-order valence-corrected chi connectivity index (χ0v) is 17.0. The van der Waals surface area contributed by atoms with Crippen molar-refractivity contribution >= 4 is 23.0 Å². The summed E-state index contributed by atoms with van der Waals surface area (Å²) in [6.45, 7) is 4.36. The molecule has 0 saturated heterocycles. The summed E-state index contributed by atoms with van der Waals surface area (Å²) in [5.74, 6) is 2.44. The van der Waals surface area contributed by atoms with Gasteiger partial charge in [0.2, 0.25) is 5.91 Å². The Bertz CT molecular complexity index is 999. The summed E-state index contributed by atoms with van der Waals surface area (Å²) in [6, 6.07) is 12.8. The Labute approximate surface area is 170 Å². The minimum atomic E-state index is -0.297. The Morgan fingerprint density at radius 2 is 1.86 bits per heavy atom. The van der Waals surface area contributed by atoms with E-state index in [1.807, 2.05) is 50.2 Å². The molecule has 0 bridgehead atoms. The van der Waals surface area contributed by atoms with Gasteiger partial charge in [0, 0.05) is 17.5 Å². The molecule has 3 rings (SSSR count). The first-order valence-electron chi connectivity index (χ1n) is 9.41. The topological polar surface area (TPSA) is 69.9 Å². The van der Waals surface area contributed by atoms with Gasteiger partial charge in [0.15, 0.2) is 11.3 Å². The molecular weight excluding hydrogens is 370 g/mol. The zero-order chi connectivity index (χ0) is 20.8. The Kier molecular flexibility index (Phi) is 6.44. The van der Waals surface area contributed by atoms with Crippen LogP contribution in [-0.2, 0) is 4.79 Å². The third-order valence-electron chi connectivity index (χ3n) is 4.41. The van der Waals surface area contributed by atoms with E-state index >= 15 is 0 Å². The second-order valence-corrected chi connectivity index (χ2v) is 6.47. The smallest absolute Gasteiger partial charge is 0.244 e. The van der Waals surface area contributed by atoms with Crippen LogP contribution in [0.15, 0.2) is 53.0 Å². The van der Waals surface area contributed by atoms with E-state index in [-0.39, 0.29) is 11.9 Å². The van der Waals surface area contributed by atoms with Crippen molar-refractivity contribution in [3.05, 3.63) is 59.9 Å². The summed E-state index contributed by atoms with van der Waals surface area (Å²) in [4.78, 5) is 12.4. The average Bonchev–Trinajstić information content (AvgIpc) is 3.18. The Morgan fingerprint density at radius 3 is 2.52 bits per heavy atom. The Morgan fingerprint density at radius 1 is 1.14 bits per heavy atom. The third-order valence-corrected chi connectivity index (χ3v) is 4.41. The van der Waals surface area contributed by atoms with Gasteiger partial charge in [-0.3, -0.25) is 4.79 Å². The van der Waals surface area contributed by atoms with Gasteiger partial charge in [0.25, 0.3) is 0 Å². The van der Waals surface area contributed by atoms with E-state index in [4.69, 9.17) is 18.6 Å². The van der Waals surface area contributed by atoms with E-state index in [1.54, 1.807) is 26.4 Å². The molecule has 1 N–H and O–H groups in total. The number of benzene rings is 2. The number of hydrogen-bond acceptors (Lipinski definition) is 5. The predicted molar refractivity (Wildman–Crippen MR) is 113 cm³/mol. The van der Waals surface area contributed by atoms with E-state index < -0.39 is 0 Å². The van der Waals surface area contributed by atoms with Gasteiger partial charge < -0.3 is 23.9 Å². The number of carbonyl (C=O) groups is 1. The van der Waals surface area contributed by atoms with Crippen molar-refractivity contribution in [3.8, 4) is 17.2 Å². The fourth-order valence-corrected chi connectivity index (χ4v) is 2.97. The molecule has 6 heteroatoms. The van der Waals surface area contributed by atoms with Crippen molar-refractivity contribution < 1.29 is 23.4 Å². The molecule has 1 atom stereocenters. The van der Waals surface area contributed by atoms with E-state index in [9.17, 15) is 4.79 Å². The van der Waals surface area contributed by atoms with Gasteiger partial charge in [-0.15, -0.1) is 0 Å². The minimum absolute atomic E-state index is 0.232. The van der Waals surface area contributed by atoms with Crippen LogP contribution in [0, 0.1) is 0 Å². The van der Waals surface area contributed by atoms with E-state index in [1.165, 1.54) is 6.08 Å². The van der Waals surface area contributed by atoms with Gasteiger partial charge in [-0.05, 0) is 49.8 Å². The predicted octanol–water partition coefficient (Wildman–Crippen LogP) is 4.74. The van der Waals surface area contributed by atoms with Gasteiger partial charge in [0.1, 0.15) is 17.3 Å². The molecule has 0 aliphatic heterocycles. The summed E-state index contributed by atoms with van der Waals surface area (Å²) in [6.07, 6.45) is 3.18. The van der Waals surface area contributed by atoms with Gasteiger partial charge in [-0.25, -0.2) is 0 Å². The summed E-state index contributed by atoms with van der Waals surface area (Å²) < 4.78 is 22.0. The number of fused-ring (bicyclic) bond motifs is 1. The van der Waals surface area contributed by atoms with Crippen molar-refractivity contribution in [1.29, 1.82) is 0 Å². The minimum Gasteiger partial charge on any atom is -0.497 e. The number of hydrogen-bond donors (Lipinski definition) is 1. The van der Waals surface area contributed by atoms with Crippen molar-refractivity contribution in [2.24, 2.45) is 0 Å². The molecule has 0 aliphatic rings. The van der Waals surface area contributed by atoms with Crippen LogP contribution in [0.25, 0.3) is 17.0 Å². The fourth-order valence-electron chi connectivity index (χ4n) is 2.97. The SMILES string of the molecule is CCOc1cccc2cc(C(C)NC(=O)/C=C/c3cc(OC)cc(OC)c3)oc12. The first-order chi connectivity index (χ1) is 14.0. The van der Waals surface area contributed by atoms with Crippen molar-refractivity contribution in [2.45, 2.75) is 19.9 Å². The number of ether oxygens (including phenoxy) is 3. The highest BCUT2D eigenvalue weighted by atomic mass is 16.5. The van der Waals surface area contributed by atoms with Crippen LogP contribution in [0.5, 0.6) is 17.2 Å². The maximum Gasteiger partial charge on any atom is 0.244 e. The number of carbonyl (C=O) groups excluding carboxylic acids is 1. The summed E-state index contributed by atoms with van der Waals surface area (Å²) >= 11 is 0. The number of amides is 1. The first kappa shape index (κ1) is 20.3. The lowest BCUT2D eigenvalue weighted by Crippen LogP contribution is -2.24. The van der Waals surface area contributed by atoms with Crippen LogP contribution in [0.1, 0.15) is 31.2 Å². The molecular formula is C23H25NO5. The molecule has 152 valence electrons. The molecule has 0 fully saturated rings. The van der Waals surface area contributed by atoms with Crippen LogP contribution >= 0.6 is 0 Å². The molecule has 1 amide bonds. The highest BCUT2D eigenvalue weighted by Crippen LogP contribution is 2.31. The summed E-state index contributed by atoms with van der Waals surface area (Å²) in [7, 11) is 3.17. The molecule has 0 radical (unpaired) electrons. The van der Waals surface area contributed by atoms with Crippen LogP contribution in [0.2, 0.25) is 0 Å². The number of furan rings is 1. The van der Waals surface area contributed by atoms with Gasteiger partial charge >= 0.3 is 0 Å². The van der Waals surface area contributed by atoms with Gasteiger partial charge in [-0.2, -0.15) is 0 Å². The van der Waals surface area contributed by atoms with Crippen LogP contribution in [-0.4, -0.2) is 26.7 Å². The van der Waals surface area contributed by atoms with Crippen LogP contribution < -0.4 is 19.5 Å². The number of methoxy groups -OCH3 is 2. The highest BCUT2D eigenvalue weighted by molar-refractivity contribution is 5.92. The standard InChI is InChI=1S/C23H25NO5/c1-5-28-20-8-6-7-17-13-21(29-23(17)20)15(2)24-22(25)10-9-16-11-18(26-3)14-19(12-16)27-4/h6-15H,5H2,1-4H3,(H,24,25)/b10-9+. The lowest BCUT2D eigenvalue weighted by molar-refractivity contribution is -0.117. The average molecular weight is 395 g/mol. The largest absolute Gasteiger partial charge is 0.497 e. The first-order valence-corrected chi connectivity index (χ1v) is 9.41. The molecule has 1 unspecified atom stereocenters. The van der Waals surface area contributed by atoms with Crippen LogP contribution in [0.4, 0.5) is 0 Å². The molecule has 2 aromatic carbocycles. The Balaban J connectivity index is 1.71. The maximum absolute atomic E-state index is 12.4. The van der Waals surface area contributed by atoms with E-state index in [2.05, 4.69) is 5.32 Å². The molecule has 3 aromatic rings. The van der Waals surface area contributed by atoms with Crippen LogP contribution in [0.3, 0.4) is 0 Å². The van der Waals surface area contributed by atoms with Gasteiger partial charge in [0.05, 0.1) is 26.9 Å². The molecule has 1 aromatic heterocycles. The molecule has 0 aliphatic carbocycles. The zero-order valence-electron chi connectivity index (χ0n) is 17.0. The number of nitrogens with one attached hydrogen (secondary N) is 1. The number of para-hydroxylation sites is 1. The molecule has 29 heavy (non-hydrogen) atoms. The van der Waals surface area contributed by atoms with E-state index in [0.717, 1.165) is 10.9 Å². The van der Waals surface area contributed by atoms with E-state index in [0.29, 0.717) is 35.2 Å². The van der Waals surface area contributed by atoms with Crippen molar-refractivity contribution in [1.82, 2.24) is 5.32 Å². The maximum atomic E-state index is 12.4. The monoisotopic (exact) mass is 395 g/mol. The Hall–Kier alpha value is -3.41. The molecule has 0 spiro atoms. The van der Waals surface area contributed by atoms with Crippen molar-refractivity contribution in [3.63, 3.8) is 0 Å². The number of rotatable bonds is 8. The lowest BCUT2D eigenvalue weighted by atomic mass is 10.1. The summed E-state index contributed by atoms with van der Waals surface area (Å²) in [5, 5.41) is 3.85. The normalized spacial score (nSPS) is 12.1. The fraction of sp³-hybridized carbons (Fsp3) is 0.261.